The molecule has 0 fully saturated rings. The summed E-state index contributed by atoms with van der Waals surface area (Å²) in [6.45, 7) is -0.114. The normalized spacial score (nSPS) is 12.1. The van der Waals surface area contributed by atoms with Gasteiger partial charge < -0.3 is 20.5 Å². The Morgan fingerprint density at radius 2 is 1.69 bits per heavy atom. The summed E-state index contributed by atoms with van der Waals surface area (Å²) >= 11 is 5.37. The van der Waals surface area contributed by atoms with Gasteiger partial charge in [-0.1, -0.05) is 30.3 Å². The van der Waals surface area contributed by atoms with Crippen molar-refractivity contribution in [3.63, 3.8) is 0 Å². The molecule has 4 rings (SSSR count). The van der Waals surface area contributed by atoms with Crippen LogP contribution >= 0.6 is 12.2 Å². The predicted octanol–water partition coefficient (Wildman–Crippen LogP) is 4.85. The minimum atomic E-state index is -4.74. The summed E-state index contributed by atoms with van der Waals surface area (Å²) in [5.74, 6) is 0.128. The molecule has 0 aliphatic rings. The number of nitrogens with one attached hydrogen (secondary N) is 2. The lowest BCUT2D eigenvalue weighted by Gasteiger charge is -2.19. The van der Waals surface area contributed by atoms with E-state index in [9.17, 15) is 18.3 Å². The molecular weight excluding hydrogens is 479 g/mol. The molecule has 1 atom stereocenters. The van der Waals surface area contributed by atoms with Crippen molar-refractivity contribution in [2.45, 2.75) is 12.4 Å². The highest BCUT2D eigenvalue weighted by atomic mass is 32.1. The Morgan fingerprint density at radius 1 is 1.00 bits per heavy atom. The summed E-state index contributed by atoms with van der Waals surface area (Å²) < 4.78 is 42.3. The number of aliphatic hydroxyl groups is 1. The number of ether oxygens (including phenoxy) is 1. The lowest BCUT2D eigenvalue weighted by Crippen LogP contribution is -2.34. The largest absolute Gasteiger partial charge is 0.573 e. The Kier molecular flexibility index (Phi) is 7.28. The third kappa shape index (κ3) is 6.55. The molecule has 1 heterocycles. The third-order valence-corrected chi connectivity index (χ3v) is 5.14. The molecule has 4 aromatic rings. The summed E-state index contributed by atoms with van der Waals surface area (Å²) in [4.78, 5) is 4.27. The van der Waals surface area contributed by atoms with E-state index in [4.69, 9.17) is 12.2 Å². The van der Waals surface area contributed by atoms with Gasteiger partial charge in [-0.3, -0.25) is 0 Å². The second kappa shape index (κ2) is 10.5. The molecule has 3 N–H and O–H groups in total. The van der Waals surface area contributed by atoms with Crippen LogP contribution in [0.5, 0.6) is 5.75 Å². The van der Waals surface area contributed by atoms with Crippen molar-refractivity contribution in [1.82, 2.24) is 20.1 Å². The zero-order valence-electron chi connectivity index (χ0n) is 18.1. The fourth-order valence-corrected chi connectivity index (χ4v) is 3.53. The molecule has 0 amide bonds. The number of alkyl halides is 3. The van der Waals surface area contributed by atoms with E-state index in [1.165, 1.54) is 35.3 Å². The van der Waals surface area contributed by atoms with Crippen LogP contribution in [0.2, 0.25) is 0 Å². The highest BCUT2D eigenvalue weighted by Crippen LogP contribution is 2.24. The van der Waals surface area contributed by atoms with Crippen molar-refractivity contribution in [2.75, 3.05) is 11.9 Å². The lowest BCUT2D eigenvalue weighted by atomic mass is 10.1. The first-order chi connectivity index (χ1) is 16.8. The minimum absolute atomic E-state index is 0.114. The van der Waals surface area contributed by atoms with Crippen molar-refractivity contribution in [1.29, 1.82) is 0 Å². The van der Waals surface area contributed by atoms with Crippen molar-refractivity contribution in [3.8, 4) is 22.8 Å². The highest BCUT2D eigenvalue weighted by molar-refractivity contribution is 7.80. The van der Waals surface area contributed by atoms with Crippen molar-refractivity contribution in [2.24, 2.45) is 0 Å². The van der Waals surface area contributed by atoms with Gasteiger partial charge in [-0.25, -0.2) is 9.67 Å². The van der Waals surface area contributed by atoms with E-state index in [-0.39, 0.29) is 18.4 Å². The maximum Gasteiger partial charge on any atom is 0.573 e. The zero-order chi connectivity index (χ0) is 24.8. The first-order valence-corrected chi connectivity index (χ1v) is 10.8. The average Bonchev–Trinajstić information content (AvgIpc) is 3.33. The quantitative estimate of drug-likeness (QED) is 0.314. The molecule has 0 saturated carbocycles. The van der Waals surface area contributed by atoms with Gasteiger partial charge in [0.15, 0.2) is 10.9 Å². The van der Waals surface area contributed by atoms with Crippen LogP contribution in [0, 0.1) is 0 Å². The van der Waals surface area contributed by atoms with E-state index in [1.54, 1.807) is 0 Å². The number of halogens is 3. The Bertz CT molecular complexity index is 1260. The number of benzene rings is 3. The van der Waals surface area contributed by atoms with Crippen LogP contribution < -0.4 is 15.4 Å². The number of anilines is 1. The first-order valence-electron chi connectivity index (χ1n) is 10.4. The maximum absolute atomic E-state index is 12.3. The second-order valence-corrected chi connectivity index (χ2v) is 7.78. The Balaban J connectivity index is 1.38. The van der Waals surface area contributed by atoms with Gasteiger partial charge in [0.25, 0.3) is 0 Å². The Labute approximate surface area is 204 Å². The van der Waals surface area contributed by atoms with Crippen LogP contribution in [-0.2, 0) is 0 Å². The van der Waals surface area contributed by atoms with Gasteiger partial charge in [-0.15, -0.1) is 18.3 Å². The molecule has 35 heavy (non-hydrogen) atoms. The fraction of sp³-hybridized carbons (Fsp3) is 0.125. The van der Waals surface area contributed by atoms with Crippen LogP contribution in [-0.4, -0.2) is 38.0 Å². The predicted molar refractivity (Wildman–Crippen MR) is 129 cm³/mol. The van der Waals surface area contributed by atoms with Gasteiger partial charge in [0.1, 0.15) is 12.1 Å². The molecule has 0 saturated heterocycles. The molecular formula is C24H20F3N5O2S. The van der Waals surface area contributed by atoms with E-state index in [2.05, 4.69) is 25.5 Å². The molecule has 0 aliphatic heterocycles. The van der Waals surface area contributed by atoms with Crippen LogP contribution in [0.25, 0.3) is 17.1 Å². The highest BCUT2D eigenvalue weighted by Gasteiger charge is 2.31. The minimum Gasteiger partial charge on any atom is -0.406 e. The van der Waals surface area contributed by atoms with Gasteiger partial charge in [0, 0.05) is 11.3 Å². The van der Waals surface area contributed by atoms with Crippen LogP contribution in [0.15, 0.2) is 85.2 Å². The van der Waals surface area contributed by atoms with E-state index < -0.39 is 6.36 Å². The molecule has 1 aromatic heterocycles. The number of hydrogen-bond acceptors (Lipinski definition) is 5. The van der Waals surface area contributed by atoms with Crippen molar-refractivity contribution in [3.05, 3.63) is 90.8 Å². The fourth-order valence-electron chi connectivity index (χ4n) is 3.27. The summed E-state index contributed by atoms with van der Waals surface area (Å²) in [7, 11) is 0. The van der Waals surface area contributed by atoms with Crippen LogP contribution in [0.4, 0.5) is 18.9 Å². The summed E-state index contributed by atoms with van der Waals surface area (Å²) in [6, 6.07) is 21.7. The SMILES string of the molecule is OC[C@@H](NC(=S)Nc1ccc(-c2ncn(-c3ccc(OC(F)(F)F)cc3)n2)cc1)c1ccccc1. The molecule has 0 radical (unpaired) electrons. The Morgan fingerprint density at radius 3 is 2.31 bits per heavy atom. The van der Waals surface area contributed by atoms with Crippen LogP contribution in [0.1, 0.15) is 11.6 Å². The molecule has 0 spiro atoms. The van der Waals surface area contributed by atoms with Crippen LogP contribution in [0.3, 0.4) is 0 Å². The van der Waals surface area contributed by atoms with E-state index in [0.717, 1.165) is 16.8 Å². The molecule has 0 aliphatic carbocycles. The summed E-state index contributed by atoms with van der Waals surface area (Å²) in [6.07, 6.45) is -3.27. The topological polar surface area (TPSA) is 84.2 Å². The van der Waals surface area contributed by atoms with Gasteiger partial charge in [0.05, 0.1) is 18.3 Å². The van der Waals surface area contributed by atoms with E-state index in [1.807, 2.05) is 54.6 Å². The van der Waals surface area contributed by atoms with E-state index in [0.29, 0.717) is 16.6 Å². The molecule has 3 aromatic carbocycles. The van der Waals surface area contributed by atoms with E-state index >= 15 is 0 Å². The Hall–Kier alpha value is -3.96. The van der Waals surface area contributed by atoms with Crippen molar-refractivity contribution >= 4 is 23.0 Å². The number of hydrogen-bond donors (Lipinski definition) is 3. The lowest BCUT2D eigenvalue weighted by molar-refractivity contribution is -0.274. The second-order valence-electron chi connectivity index (χ2n) is 7.38. The average molecular weight is 500 g/mol. The summed E-state index contributed by atoms with van der Waals surface area (Å²) in [5, 5.41) is 20.6. The molecule has 11 heteroatoms. The number of thiocarbonyl (C=S) groups is 1. The standard InChI is InChI=1S/C24H20F3N5O2S/c25-24(26,27)34-20-12-10-19(11-13-20)32-15-28-22(31-32)17-6-8-18(9-7-17)29-23(35)30-21(14-33)16-4-2-1-3-5-16/h1-13,15,21,33H,14H2,(H2,29,30,35)/t21-/m1/s1. The maximum atomic E-state index is 12.3. The number of rotatable bonds is 7. The number of nitrogens with zero attached hydrogens (tertiary/aromatic N) is 3. The number of aromatic nitrogens is 3. The van der Waals surface area contributed by atoms with Gasteiger partial charge in [-0.2, -0.15) is 0 Å². The summed E-state index contributed by atoms with van der Waals surface area (Å²) in [5.41, 5.74) is 2.92. The van der Waals surface area contributed by atoms with Gasteiger partial charge in [0.2, 0.25) is 0 Å². The molecule has 0 unspecified atom stereocenters. The van der Waals surface area contributed by atoms with Gasteiger partial charge in [-0.05, 0) is 66.3 Å². The monoisotopic (exact) mass is 499 g/mol. The zero-order valence-corrected chi connectivity index (χ0v) is 18.9. The number of aliphatic hydroxyl groups excluding tert-OH is 1. The molecule has 0 bridgehead atoms. The van der Waals surface area contributed by atoms with Crippen molar-refractivity contribution < 1.29 is 23.0 Å². The molecule has 180 valence electrons. The first kappa shape index (κ1) is 24.2. The smallest absolute Gasteiger partial charge is 0.406 e. The molecule has 7 nitrogen and oxygen atoms in total. The third-order valence-electron chi connectivity index (χ3n) is 4.92. The van der Waals surface area contributed by atoms with Gasteiger partial charge >= 0.3 is 6.36 Å².